The monoisotopic (exact) mass is 206 g/mol. The van der Waals surface area contributed by atoms with E-state index < -0.39 is 0 Å². The minimum absolute atomic E-state index is 0.183. The predicted octanol–water partition coefficient (Wildman–Crippen LogP) is 2.68. The Morgan fingerprint density at radius 3 is 2.47 bits per heavy atom. The number of nitrogens with two attached hydrogens (primary N) is 1. The van der Waals surface area contributed by atoms with Crippen molar-refractivity contribution in [3.8, 4) is 11.3 Å². The summed E-state index contributed by atoms with van der Waals surface area (Å²) in [4.78, 5) is 0. The van der Waals surface area contributed by atoms with Crippen molar-refractivity contribution in [1.82, 2.24) is 5.16 Å². The molecule has 0 aliphatic carbocycles. The summed E-state index contributed by atoms with van der Waals surface area (Å²) in [5, 5.41) is 3.68. The van der Waals surface area contributed by atoms with Crippen LogP contribution in [0.1, 0.15) is 11.1 Å². The summed E-state index contributed by atoms with van der Waals surface area (Å²) >= 11 is 0. The zero-order chi connectivity index (χ0) is 11.0. The molecule has 15 heavy (non-hydrogen) atoms. The molecule has 0 atom stereocenters. The van der Waals surface area contributed by atoms with Crippen molar-refractivity contribution >= 4 is 5.88 Å². The molecule has 0 amide bonds. The topological polar surface area (TPSA) is 52.0 Å². The second-order valence-electron chi connectivity index (χ2n) is 3.53. The number of nitrogens with zero attached hydrogens (tertiary/aromatic N) is 1. The van der Waals surface area contributed by atoms with Gasteiger partial charge >= 0.3 is 0 Å². The van der Waals surface area contributed by atoms with Crippen LogP contribution < -0.4 is 5.73 Å². The van der Waals surface area contributed by atoms with Crippen LogP contribution in [0.5, 0.6) is 0 Å². The summed E-state index contributed by atoms with van der Waals surface area (Å²) in [6, 6.07) is 4.73. The van der Waals surface area contributed by atoms with Gasteiger partial charge < -0.3 is 10.3 Å². The first kappa shape index (κ1) is 9.71. The van der Waals surface area contributed by atoms with Gasteiger partial charge in [-0.25, -0.2) is 4.39 Å². The summed E-state index contributed by atoms with van der Waals surface area (Å²) in [5.41, 5.74) is 8.14. The average Bonchev–Trinajstić information content (AvgIpc) is 2.58. The molecule has 0 fully saturated rings. The van der Waals surface area contributed by atoms with E-state index in [-0.39, 0.29) is 11.7 Å². The summed E-state index contributed by atoms with van der Waals surface area (Å²) in [7, 11) is 0. The van der Waals surface area contributed by atoms with Gasteiger partial charge in [-0.2, -0.15) is 0 Å². The van der Waals surface area contributed by atoms with Gasteiger partial charge in [-0.3, -0.25) is 0 Å². The number of anilines is 1. The quantitative estimate of drug-likeness (QED) is 0.780. The Labute approximate surface area is 86.7 Å². The standard InChI is InChI=1S/C11H11FN2O/c1-6-3-8(9(12)4-7(6)2)10-5-11(13)15-14-10/h3-5H,13H2,1-2H3. The lowest BCUT2D eigenvalue weighted by Crippen LogP contribution is -1.89. The Bertz CT molecular complexity index is 505. The van der Waals surface area contributed by atoms with Gasteiger partial charge in [0.25, 0.3) is 0 Å². The van der Waals surface area contributed by atoms with Gasteiger partial charge in [0, 0.05) is 11.6 Å². The van der Waals surface area contributed by atoms with E-state index in [1.54, 1.807) is 6.07 Å². The maximum atomic E-state index is 13.6. The molecule has 0 aliphatic rings. The molecular formula is C11H11FN2O. The molecule has 2 rings (SSSR count). The lowest BCUT2D eigenvalue weighted by molar-refractivity contribution is 0.438. The number of hydrogen-bond donors (Lipinski definition) is 1. The third-order valence-electron chi connectivity index (χ3n) is 2.39. The van der Waals surface area contributed by atoms with Crippen molar-refractivity contribution < 1.29 is 8.91 Å². The highest BCUT2D eigenvalue weighted by atomic mass is 19.1. The van der Waals surface area contributed by atoms with Gasteiger partial charge in [0.05, 0.1) is 0 Å². The molecule has 1 heterocycles. The maximum Gasteiger partial charge on any atom is 0.222 e. The van der Waals surface area contributed by atoms with Crippen LogP contribution in [-0.2, 0) is 0 Å². The van der Waals surface area contributed by atoms with Crippen molar-refractivity contribution in [3.05, 3.63) is 35.1 Å². The Balaban J connectivity index is 2.58. The maximum absolute atomic E-state index is 13.6. The van der Waals surface area contributed by atoms with Crippen molar-refractivity contribution in [2.45, 2.75) is 13.8 Å². The minimum Gasteiger partial charge on any atom is -0.368 e. The second kappa shape index (κ2) is 3.38. The zero-order valence-electron chi connectivity index (χ0n) is 8.54. The number of halogens is 1. The predicted molar refractivity (Wildman–Crippen MR) is 55.8 cm³/mol. The van der Waals surface area contributed by atoms with Crippen LogP contribution >= 0.6 is 0 Å². The molecular weight excluding hydrogens is 195 g/mol. The number of aryl methyl sites for hydroxylation is 2. The van der Waals surface area contributed by atoms with Crippen LogP contribution in [0.4, 0.5) is 10.3 Å². The number of aromatic nitrogens is 1. The van der Waals surface area contributed by atoms with E-state index in [0.717, 1.165) is 11.1 Å². The van der Waals surface area contributed by atoms with Crippen molar-refractivity contribution in [2.24, 2.45) is 0 Å². The van der Waals surface area contributed by atoms with E-state index >= 15 is 0 Å². The van der Waals surface area contributed by atoms with Gasteiger partial charge in [-0.05, 0) is 37.1 Å². The van der Waals surface area contributed by atoms with E-state index in [0.29, 0.717) is 11.3 Å². The Hall–Kier alpha value is -1.84. The third-order valence-corrected chi connectivity index (χ3v) is 2.39. The minimum atomic E-state index is -0.314. The number of hydrogen-bond acceptors (Lipinski definition) is 3. The summed E-state index contributed by atoms with van der Waals surface area (Å²) in [6.07, 6.45) is 0. The van der Waals surface area contributed by atoms with E-state index in [4.69, 9.17) is 10.3 Å². The van der Waals surface area contributed by atoms with Gasteiger partial charge in [-0.15, -0.1) is 0 Å². The fourth-order valence-corrected chi connectivity index (χ4v) is 1.39. The Morgan fingerprint density at radius 2 is 1.87 bits per heavy atom. The van der Waals surface area contributed by atoms with Crippen molar-refractivity contribution in [3.63, 3.8) is 0 Å². The lowest BCUT2D eigenvalue weighted by Gasteiger charge is -2.03. The van der Waals surface area contributed by atoms with Gasteiger partial charge in [0.15, 0.2) is 0 Å². The first-order valence-electron chi connectivity index (χ1n) is 4.57. The highest BCUT2D eigenvalue weighted by Crippen LogP contribution is 2.25. The molecule has 3 nitrogen and oxygen atoms in total. The summed E-state index contributed by atoms with van der Waals surface area (Å²) in [6.45, 7) is 3.78. The first-order valence-corrected chi connectivity index (χ1v) is 4.57. The van der Waals surface area contributed by atoms with E-state index in [1.165, 1.54) is 12.1 Å². The average molecular weight is 206 g/mol. The molecule has 0 unspecified atom stereocenters. The zero-order valence-corrected chi connectivity index (χ0v) is 8.54. The molecule has 1 aromatic carbocycles. The van der Waals surface area contributed by atoms with Crippen LogP contribution in [0.3, 0.4) is 0 Å². The third kappa shape index (κ3) is 1.70. The van der Waals surface area contributed by atoms with Crippen LogP contribution in [0.25, 0.3) is 11.3 Å². The van der Waals surface area contributed by atoms with E-state index in [1.807, 2.05) is 13.8 Å². The largest absolute Gasteiger partial charge is 0.368 e. The molecule has 2 aromatic rings. The smallest absolute Gasteiger partial charge is 0.222 e. The molecule has 0 spiro atoms. The fourth-order valence-electron chi connectivity index (χ4n) is 1.39. The van der Waals surface area contributed by atoms with E-state index in [2.05, 4.69) is 5.16 Å². The van der Waals surface area contributed by atoms with Crippen molar-refractivity contribution in [1.29, 1.82) is 0 Å². The normalized spacial score (nSPS) is 10.6. The molecule has 0 aliphatic heterocycles. The lowest BCUT2D eigenvalue weighted by atomic mass is 10.0. The van der Waals surface area contributed by atoms with Crippen LogP contribution in [-0.4, -0.2) is 5.16 Å². The first-order chi connectivity index (χ1) is 7.08. The van der Waals surface area contributed by atoms with Gasteiger partial charge in [0.2, 0.25) is 5.88 Å². The number of nitrogen functional groups attached to an aromatic ring is 1. The Morgan fingerprint density at radius 1 is 1.20 bits per heavy atom. The molecule has 0 bridgehead atoms. The van der Waals surface area contributed by atoms with Crippen LogP contribution in [0, 0.1) is 19.7 Å². The number of rotatable bonds is 1. The number of benzene rings is 1. The van der Waals surface area contributed by atoms with Gasteiger partial charge in [0.1, 0.15) is 11.5 Å². The molecule has 4 heteroatoms. The summed E-state index contributed by atoms with van der Waals surface area (Å²) in [5.74, 6) is -0.131. The van der Waals surface area contributed by atoms with Crippen LogP contribution in [0.2, 0.25) is 0 Å². The SMILES string of the molecule is Cc1cc(F)c(-c2cc(N)on2)cc1C. The summed E-state index contributed by atoms with van der Waals surface area (Å²) < 4.78 is 18.3. The van der Waals surface area contributed by atoms with E-state index in [9.17, 15) is 4.39 Å². The highest BCUT2D eigenvalue weighted by Gasteiger charge is 2.11. The molecule has 0 saturated heterocycles. The molecule has 0 radical (unpaired) electrons. The molecule has 78 valence electrons. The highest BCUT2D eigenvalue weighted by molar-refractivity contribution is 5.63. The van der Waals surface area contributed by atoms with Crippen molar-refractivity contribution in [2.75, 3.05) is 5.73 Å². The molecule has 1 aromatic heterocycles. The van der Waals surface area contributed by atoms with Crippen LogP contribution in [0.15, 0.2) is 22.7 Å². The Kier molecular flexibility index (Phi) is 2.19. The molecule has 0 saturated carbocycles. The second-order valence-corrected chi connectivity index (χ2v) is 3.53. The molecule has 2 N–H and O–H groups in total. The van der Waals surface area contributed by atoms with Gasteiger partial charge in [-0.1, -0.05) is 5.16 Å². The fraction of sp³-hybridized carbons (Fsp3) is 0.182.